The van der Waals surface area contributed by atoms with Gasteiger partial charge in [-0.2, -0.15) is 0 Å². The van der Waals surface area contributed by atoms with Gasteiger partial charge in [0.2, 0.25) is 0 Å². The van der Waals surface area contributed by atoms with Gasteiger partial charge in [-0.05, 0) is 31.5 Å². The van der Waals surface area contributed by atoms with E-state index in [4.69, 9.17) is 0 Å². The molecule has 0 spiro atoms. The summed E-state index contributed by atoms with van der Waals surface area (Å²) < 4.78 is 23.8. The Bertz CT molecular complexity index is 353. The predicted molar refractivity (Wildman–Crippen MR) is 66.3 cm³/mol. The second-order valence-corrected chi connectivity index (χ2v) is 5.56. The van der Waals surface area contributed by atoms with Gasteiger partial charge in [-0.15, -0.1) is 0 Å². The molecule has 0 bridgehead atoms. The summed E-state index contributed by atoms with van der Waals surface area (Å²) >= 11 is 0. The molecule has 0 amide bonds. The van der Waals surface area contributed by atoms with E-state index in [2.05, 4.69) is 5.32 Å². The highest BCUT2D eigenvalue weighted by molar-refractivity contribution is 7.84. The van der Waals surface area contributed by atoms with Gasteiger partial charge in [0, 0.05) is 34.9 Å². The molecule has 2 nitrogen and oxygen atoms in total. The average molecular weight is 243 g/mol. The highest BCUT2D eigenvalue weighted by atomic mass is 32.2. The van der Waals surface area contributed by atoms with Crippen molar-refractivity contribution in [2.45, 2.75) is 25.9 Å². The topological polar surface area (TPSA) is 29.1 Å². The number of benzene rings is 1. The second-order valence-electron chi connectivity index (χ2n) is 4.08. The zero-order valence-electron chi connectivity index (χ0n) is 9.87. The van der Waals surface area contributed by atoms with E-state index < -0.39 is 10.8 Å². The van der Waals surface area contributed by atoms with E-state index in [0.29, 0.717) is 5.75 Å². The summed E-state index contributed by atoms with van der Waals surface area (Å²) in [4.78, 5) is 0. The number of nitrogens with one attached hydrogen (secondary N) is 1. The van der Waals surface area contributed by atoms with Crippen LogP contribution in [0, 0.1) is 5.82 Å². The minimum absolute atomic E-state index is 0.138. The summed E-state index contributed by atoms with van der Waals surface area (Å²) in [6.45, 7) is 4.02. The Labute approximate surface area is 98.7 Å². The van der Waals surface area contributed by atoms with Crippen LogP contribution in [0.25, 0.3) is 0 Å². The molecule has 1 aromatic rings. The standard InChI is InChI=1S/C12H18FNOS/c1-9(8-16(3)15)14-10(2)11-4-6-12(13)7-5-11/h4-7,9-10,14H,8H2,1-3H3. The third-order valence-electron chi connectivity index (χ3n) is 2.39. The van der Waals surface area contributed by atoms with E-state index >= 15 is 0 Å². The predicted octanol–water partition coefficient (Wildman–Crippen LogP) is 2.24. The molecule has 0 radical (unpaired) electrons. The van der Waals surface area contributed by atoms with Crippen molar-refractivity contribution in [1.82, 2.24) is 5.32 Å². The van der Waals surface area contributed by atoms with Crippen LogP contribution >= 0.6 is 0 Å². The molecule has 1 aromatic carbocycles. The van der Waals surface area contributed by atoms with Gasteiger partial charge in [-0.3, -0.25) is 4.21 Å². The van der Waals surface area contributed by atoms with Crippen molar-refractivity contribution >= 4 is 10.8 Å². The number of hydrogen-bond donors (Lipinski definition) is 1. The lowest BCUT2D eigenvalue weighted by Gasteiger charge is -2.19. The molecule has 1 rings (SSSR count). The van der Waals surface area contributed by atoms with Crippen molar-refractivity contribution in [1.29, 1.82) is 0 Å². The summed E-state index contributed by atoms with van der Waals surface area (Å²) in [7, 11) is -0.795. The van der Waals surface area contributed by atoms with Crippen molar-refractivity contribution in [3.05, 3.63) is 35.6 Å². The molecule has 16 heavy (non-hydrogen) atoms. The fourth-order valence-electron chi connectivity index (χ4n) is 1.67. The highest BCUT2D eigenvalue weighted by Gasteiger charge is 2.10. The lowest BCUT2D eigenvalue weighted by atomic mass is 10.1. The summed E-state index contributed by atoms with van der Waals surface area (Å²) in [6, 6.07) is 6.77. The van der Waals surface area contributed by atoms with Gasteiger partial charge in [0.15, 0.2) is 0 Å². The SMILES string of the molecule is CC(CS(C)=O)NC(C)c1ccc(F)cc1. The normalized spacial score (nSPS) is 16.8. The number of rotatable bonds is 5. The van der Waals surface area contributed by atoms with Gasteiger partial charge >= 0.3 is 0 Å². The molecule has 0 fully saturated rings. The van der Waals surface area contributed by atoms with Crippen LogP contribution in [0.5, 0.6) is 0 Å². The first kappa shape index (κ1) is 13.3. The van der Waals surface area contributed by atoms with Crippen LogP contribution in [0.1, 0.15) is 25.5 Å². The molecule has 4 heteroatoms. The Morgan fingerprint density at radius 2 is 1.88 bits per heavy atom. The Hall–Kier alpha value is -0.740. The first-order valence-corrected chi connectivity index (χ1v) is 7.03. The summed E-state index contributed by atoms with van der Waals surface area (Å²) in [6.07, 6.45) is 1.70. The van der Waals surface area contributed by atoms with Crippen molar-refractivity contribution in [3.63, 3.8) is 0 Å². The van der Waals surface area contributed by atoms with E-state index in [-0.39, 0.29) is 17.9 Å². The summed E-state index contributed by atoms with van der Waals surface area (Å²) in [5.74, 6) is 0.407. The van der Waals surface area contributed by atoms with Crippen LogP contribution in [0.15, 0.2) is 24.3 Å². The monoisotopic (exact) mass is 243 g/mol. The molecule has 0 aliphatic carbocycles. The van der Waals surface area contributed by atoms with Crippen LogP contribution in [0.3, 0.4) is 0 Å². The van der Waals surface area contributed by atoms with Crippen LogP contribution in [-0.2, 0) is 10.8 Å². The van der Waals surface area contributed by atoms with Gasteiger partial charge in [-0.1, -0.05) is 12.1 Å². The van der Waals surface area contributed by atoms with E-state index in [0.717, 1.165) is 5.56 Å². The third-order valence-corrected chi connectivity index (χ3v) is 3.36. The van der Waals surface area contributed by atoms with Crippen LogP contribution in [0.2, 0.25) is 0 Å². The van der Waals surface area contributed by atoms with Crippen LogP contribution in [0.4, 0.5) is 4.39 Å². The van der Waals surface area contributed by atoms with Crippen molar-refractivity contribution < 1.29 is 8.60 Å². The summed E-state index contributed by atoms with van der Waals surface area (Å²) in [5.41, 5.74) is 1.04. The van der Waals surface area contributed by atoms with Gasteiger partial charge < -0.3 is 5.32 Å². The average Bonchev–Trinajstić information content (AvgIpc) is 2.16. The van der Waals surface area contributed by atoms with E-state index in [9.17, 15) is 8.60 Å². The molecule has 1 N–H and O–H groups in total. The number of hydrogen-bond acceptors (Lipinski definition) is 2. The van der Waals surface area contributed by atoms with Gasteiger partial charge in [0.25, 0.3) is 0 Å². The van der Waals surface area contributed by atoms with E-state index in [1.165, 1.54) is 12.1 Å². The quantitative estimate of drug-likeness (QED) is 0.859. The Kier molecular flexibility index (Phi) is 5.09. The fraction of sp³-hybridized carbons (Fsp3) is 0.500. The minimum Gasteiger partial charge on any atom is -0.307 e. The van der Waals surface area contributed by atoms with Gasteiger partial charge in [-0.25, -0.2) is 4.39 Å². The smallest absolute Gasteiger partial charge is 0.123 e. The lowest BCUT2D eigenvalue weighted by molar-refractivity contribution is 0.507. The fourth-order valence-corrected chi connectivity index (χ4v) is 2.47. The first-order chi connectivity index (χ1) is 7.49. The second kappa shape index (κ2) is 6.11. The third kappa shape index (κ3) is 4.41. The molecule has 0 saturated heterocycles. The molecule has 0 aromatic heterocycles. The Morgan fingerprint density at radius 1 is 1.31 bits per heavy atom. The molecule has 0 heterocycles. The van der Waals surface area contributed by atoms with Crippen molar-refractivity contribution in [3.8, 4) is 0 Å². The molecule has 0 aliphatic rings. The van der Waals surface area contributed by atoms with Gasteiger partial charge in [0.1, 0.15) is 5.82 Å². The summed E-state index contributed by atoms with van der Waals surface area (Å²) in [5, 5.41) is 3.33. The van der Waals surface area contributed by atoms with Crippen LogP contribution in [-0.4, -0.2) is 22.3 Å². The highest BCUT2D eigenvalue weighted by Crippen LogP contribution is 2.13. The molecule has 3 unspecified atom stereocenters. The zero-order valence-corrected chi connectivity index (χ0v) is 10.7. The number of halogens is 1. The Balaban J connectivity index is 2.54. The van der Waals surface area contributed by atoms with E-state index in [1.807, 2.05) is 13.8 Å². The molecule has 90 valence electrons. The minimum atomic E-state index is -0.795. The molecule has 0 aliphatic heterocycles. The van der Waals surface area contributed by atoms with Crippen molar-refractivity contribution in [2.24, 2.45) is 0 Å². The zero-order chi connectivity index (χ0) is 12.1. The maximum Gasteiger partial charge on any atom is 0.123 e. The molecular formula is C12H18FNOS. The van der Waals surface area contributed by atoms with Gasteiger partial charge in [0.05, 0.1) is 0 Å². The molecule has 0 saturated carbocycles. The maximum absolute atomic E-state index is 12.7. The van der Waals surface area contributed by atoms with Crippen LogP contribution < -0.4 is 5.32 Å². The first-order valence-electron chi connectivity index (χ1n) is 5.30. The molecule has 3 atom stereocenters. The largest absolute Gasteiger partial charge is 0.307 e. The molecular weight excluding hydrogens is 225 g/mol. The Morgan fingerprint density at radius 3 is 2.38 bits per heavy atom. The van der Waals surface area contributed by atoms with E-state index in [1.54, 1.807) is 18.4 Å². The van der Waals surface area contributed by atoms with Crippen molar-refractivity contribution in [2.75, 3.05) is 12.0 Å². The maximum atomic E-state index is 12.7. The lowest BCUT2D eigenvalue weighted by Crippen LogP contribution is -2.33.